The van der Waals surface area contributed by atoms with Crippen LogP contribution in [0.3, 0.4) is 0 Å². The lowest BCUT2D eigenvalue weighted by Gasteiger charge is -2.10. The summed E-state index contributed by atoms with van der Waals surface area (Å²) in [6.45, 7) is 0.356. The van der Waals surface area contributed by atoms with Crippen LogP contribution in [0, 0.1) is 5.92 Å². The molecule has 1 amide bonds. The molecule has 1 fully saturated rings. The van der Waals surface area contributed by atoms with Gasteiger partial charge >= 0.3 is 0 Å². The van der Waals surface area contributed by atoms with Crippen molar-refractivity contribution in [2.24, 2.45) is 13.0 Å². The summed E-state index contributed by atoms with van der Waals surface area (Å²) in [7, 11) is -1.16. The molecule has 0 radical (unpaired) electrons. The third-order valence-corrected chi connectivity index (χ3v) is 5.78. The van der Waals surface area contributed by atoms with Crippen LogP contribution in [0.1, 0.15) is 12.2 Å². The molecule has 24 heavy (non-hydrogen) atoms. The Morgan fingerprint density at radius 3 is 2.71 bits per heavy atom. The van der Waals surface area contributed by atoms with Crippen LogP contribution in [0.2, 0.25) is 0 Å². The summed E-state index contributed by atoms with van der Waals surface area (Å²) in [4.78, 5) is 16.3. The lowest BCUT2D eigenvalue weighted by Crippen LogP contribution is -2.23. The third-order valence-electron chi connectivity index (χ3n) is 4.01. The molecule has 8 heteroatoms. The van der Waals surface area contributed by atoms with E-state index in [4.69, 9.17) is 4.74 Å². The Balaban J connectivity index is 1.55. The van der Waals surface area contributed by atoms with Crippen LogP contribution < -0.4 is 10.1 Å². The number of aromatic nitrogens is 2. The number of anilines is 1. The van der Waals surface area contributed by atoms with E-state index >= 15 is 0 Å². The van der Waals surface area contributed by atoms with Gasteiger partial charge in [-0.05, 0) is 30.7 Å². The molecule has 0 spiro atoms. The predicted molar refractivity (Wildman–Crippen MR) is 89.4 cm³/mol. The summed E-state index contributed by atoms with van der Waals surface area (Å²) in [6, 6.07) is 6.97. The van der Waals surface area contributed by atoms with E-state index in [2.05, 4.69) is 10.3 Å². The fourth-order valence-corrected chi connectivity index (χ4v) is 4.31. The van der Waals surface area contributed by atoms with E-state index in [1.54, 1.807) is 30.5 Å². The van der Waals surface area contributed by atoms with E-state index in [1.165, 1.54) is 0 Å². The van der Waals surface area contributed by atoms with Gasteiger partial charge in [0.15, 0.2) is 9.84 Å². The van der Waals surface area contributed by atoms with Crippen molar-refractivity contribution < 1.29 is 17.9 Å². The molecule has 1 aromatic carbocycles. The quantitative estimate of drug-likeness (QED) is 0.880. The van der Waals surface area contributed by atoms with E-state index in [0.29, 0.717) is 24.5 Å². The number of carbonyl (C=O) groups excluding carboxylic acids is 1. The summed E-state index contributed by atoms with van der Waals surface area (Å²) in [5, 5.41) is 2.75. The van der Waals surface area contributed by atoms with Gasteiger partial charge in [0.2, 0.25) is 5.91 Å². The highest BCUT2D eigenvalue weighted by molar-refractivity contribution is 7.91. The molecule has 1 aliphatic rings. The number of aryl methyl sites for hydroxylation is 1. The SMILES string of the molecule is Cn1ccnc1COc1ccc(NC(=O)[C@H]2CCS(=O)(=O)C2)cc1. The number of rotatable bonds is 5. The molecule has 0 unspecified atom stereocenters. The summed E-state index contributed by atoms with van der Waals surface area (Å²) in [6.07, 6.45) is 3.94. The monoisotopic (exact) mass is 349 g/mol. The lowest BCUT2D eigenvalue weighted by molar-refractivity contribution is -0.119. The second kappa shape index (κ2) is 6.64. The minimum absolute atomic E-state index is 0.0658. The molecule has 128 valence electrons. The van der Waals surface area contributed by atoms with E-state index in [0.717, 1.165) is 5.82 Å². The van der Waals surface area contributed by atoms with Crippen molar-refractivity contribution in [3.8, 4) is 5.75 Å². The average molecular weight is 349 g/mol. The second-order valence-corrected chi connectivity index (χ2v) is 8.09. The van der Waals surface area contributed by atoms with Crippen molar-refractivity contribution in [3.63, 3.8) is 0 Å². The Morgan fingerprint density at radius 1 is 1.38 bits per heavy atom. The number of amides is 1. The van der Waals surface area contributed by atoms with Gasteiger partial charge in [0.25, 0.3) is 0 Å². The lowest BCUT2D eigenvalue weighted by atomic mass is 10.1. The molecular formula is C16H19N3O4S. The van der Waals surface area contributed by atoms with Crippen LogP contribution in [0.25, 0.3) is 0 Å². The average Bonchev–Trinajstić information content (AvgIpc) is 3.12. The van der Waals surface area contributed by atoms with Crippen LogP contribution in [0.15, 0.2) is 36.7 Å². The molecule has 7 nitrogen and oxygen atoms in total. The Bertz CT molecular complexity index is 827. The molecule has 1 aliphatic heterocycles. The van der Waals surface area contributed by atoms with Gasteiger partial charge in [-0.15, -0.1) is 0 Å². The zero-order chi connectivity index (χ0) is 17.2. The number of nitrogens with one attached hydrogen (secondary N) is 1. The molecule has 2 aromatic rings. The number of hydrogen-bond acceptors (Lipinski definition) is 5. The first kappa shape index (κ1) is 16.5. The first-order chi connectivity index (χ1) is 11.4. The van der Waals surface area contributed by atoms with Crippen molar-refractivity contribution in [2.75, 3.05) is 16.8 Å². The van der Waals surface area contributed by atoms with Crippen molar-refractivity contribution in [1.82, 2.24) is 9.55 Å². The summed E-state index contributed by atoms with van der Waals surface area (Å²) in [5.41, 5.74) is 0.619. The number of benzene rings is 1. The van der Waals surface area contributed by atoms with Gasteiger partial charge in [-0.3, -0.25) is 4.79 Å². The first-order valence-corrected chi connectivity index (χ1v) is 9.45. The Morgan fingerprint density at radius 2 is 2.12 bits per heavy atom. The number of carbonyl (C=O) groups is 1. The van der Waals surface area contributed by atoms with Crippen molar-refractivity contribution in [2.45, 2.75) is 13.0 Å². The summed E-state index contributed by atoms with van der Waals surface area (Å²) < 4.78 is 30.4. The highest BCUT2D eigenvalue weighted by Gasteiger charge is 2.32. The molecule has 2 heterocycles. The molecular weight excluding hydrogens is 330 g/mol. The smallest absolute Gasteiger partial charge is 0.228 e. The largest absolute Gasteiger partial charge is 0.486 e. The van der Waals surface area contributed by atoms with Gasteiger partial charge in [0.1, 0.15) is 18.2 Å². The van der Waals surface area contributed by atoms with Gasteiger partial charge in [-0.25, -0.2) is 13.4 Å². The number of imidazole rings is 1. The number of ether oxygens (including phenoxy) is 1. The van der Waals surface area contributed by atoms with E-state index in [1.807, 2.05) is 17.8 Å². The second-order valence-electron chi connectivity index (χ2n) is 5.86. The number of sulfone groups is 1. The molecule has 0 bridgehead atoms. The zero-order valence-electron chi connectivity index (χ0n) is 13.3. The topological polar surface area (TPSA) is 90.3 Å². The molecule has 3 rings (SSSR count). The standard InChI is InChI=1S/C16H19N3O4S/c1-19-8-7-17-15(19)10-23-14-4-2-13(3-5-14)18-16(20)12-6-9-24(21,22)11-12/h2-5,7-8,12H,6,9-11H2,1H3,(H,18,20)/t12-/m0/s1. The minimum atomic E-state index is -3.06. The van der Waals surface area contributed by atoms with Gasteiger partial charge in [-0.1, -0.05) is 0 Å². The van der Waals surface area contributed by atoms with Crippen LogP contribution in [-0.4, -0.2) is 35.4 Å². The van der Waals surface area contributed by atoms with Crippen LogP contribution in [-0.2, 0) is 28.3 Å². The molecule has 1 atom stereocenters. The van der Waals surface area contributed by atoms with Crippen molar-refractivity contribution in [3.05, 3.63) is 42.5 Å². The minimum Gasteiger partial charge on any atom is -0.486 e. The highest BCUT2D eigenvalue weighted by atomic mass is 32.2. The van der Waals surface area contributed by atoms with Gasteiger partial charge in [0, 0.05) is 25.1 Å². The Labute approximate surface area is 140 Å². The van der Waals surface area contributed by atoms with Crippen LogP contribution in [0.5, 0.6) is 5.75 Å². The Hall–Kier alpha value is -2.35. The molecule has 1 aromatic heterocycles. The normalized spacial score (nSPS) is 19.1. The highest BCUT2D eigenvalue weighted by Crippen LogP contribution is 2.22. The third kappa shape index (κ3) is 3.94. The predicted octanol–water partition coefficient (Wildman–Crippen LogP) is 1.37. The number of nitrogens with zero attached hydrogens (tertiary/aromatic N) is 2. The maximum absolute atomic E-state index is 12.1. The molecule has 1 saturated heterocycles. The van der Waals surface area contributed by atoms with Crippen molar-refractivity contribution in [1.29, 1.82) is 0 Å². The van der Waals surface area contributed by atoms with E-state index < -0.39 is 15.8 Å². The van der Waals surface area contributed by atoms with E-state index in [9.17, 15) is 13.2 Å². The first-order valence-electron chi connectivity index (χ1n) is 7.63. The van der Waals surface area contributed by atoms with Crippen molar-refractivity contribution >= 4 is 21.4 Å². The maximum atomic E-state index is 12.1. The molecule has 1 N–H and O–H groups in total. The summed E-state index contributed by atoms with van der Waals surface area (Å²) in [5.74, 6) is 0.788. The maximum Gasteiger partial charge on any atom is 0.228 e. The summed E-state index contributed by atoms with van der Waals surface area (Å²) >= 11 is 0. The zero-order valence-corrected chi connectivity index (χ0v) is 14.1. The van der Waals surface area contributed by atoms with Gasteiger partial charge < -0.3 is 14.6 Å². The van der Waals surface area contributed by atoms with Crippen LogP contribution in [0.4, 0.5) is 5.69 Å². The fourth-order valence-electron chi connectivity index (χ4n) is 2.56. The van der Waals surface area contributed by atoms with E-state index in [-0.39, 0.29) is 17.4 Å². The molecule has 0 aliphatic carbocycles. The van der Waals surface area contributed by atoms with Gasteiger partial charge in [-0.2, -0.15) is 0 Å². The molecule has 0 saturated carbocycles. The van der Waals surface area contributed by atoms with Gasteiger partial charge in [0.05, 0.1) is 17.4 Å². The fraction of sp³-hybridized carbons (Fsp3) is 0.375. The van der Waals surface area contributed by atoms with Crippen LogP contribution >= 0.6 is 0 Å². The number of hydrogen-bond donors (Lipinski definition) is 1. The Kier molecular flexibility index (Phi) is 4.57.